The van der Waals surface area contributed by atoms with Crippen molar-refractivity contribution in [2.24, 2.45) is 0 Å². The van der Waals surface area contributed by atoms with Gasteiger partial charge in [-0.05, 0) is 30.5 Å². The molecule has 3 heteroatoms. The van der Waals surface area contributed by atoms with E-state index in [0.717, 1.165) is 31.2 Å². The minimum Gasteiger partial charge on any atom is -0.349 e. The fourth-order valence-corrected chi connectivity index (χ4v) is 2.09. The van der Waals surface area contributed by atoms with Crippen molar-refractivity contribution in [3.8, 4) is 0 Å². The van der Waals surface area contributed by atoms with Gasteiger partial charge in [0.25, 0.3) is 0 Å². The lowest BCUT2D eigenvalue weighted by Crippen LogP contribution is -2.29. The molecule has 1 atom stereocenters. The molecule has 0 radical (unpaired) electrons. The Morgan fingerprint density at radius 1 is 1.12 bits per heavy atom. The summed E-state index contributed by atoms with van der Waals surface area (Å²) >= 11 is 0. The predicted octanol–water partition coefficient (Wildman–Crippen LogP) is 2.95. The summed E-state index contributed by atoms with van der Waals surface area (Å²) in [6.45, 7) is 0. The van der Waals surface area contributed by atoms with Gasteiger partial charge < -0.3 is 5.32 Å². The van der Waals surface area contributed by atoms with E-state index < -0.39 is 0 Å². The highest BCUT2D eigenvalue weighted by Crippen LogP contribution is 2.22. The Labute approximate surface area is 94.9 Å². The summed E-state index contributed by atoms with van der Waals surface area (Å²) in [5, 5.41) is 2.99. The lowest BCUT2D eigenvalue weighted by Gasteiger charge is -2.21. The molecule has 0 spiro atoms. The molecular formula is C13H16FNO. The molecule has 1 heterocycles. The van der Waals surface area contributed by atoms with Crippen LogP contribution in [0.4, 0.5) is 4.39 Å². The van der Waals surface area contributed by atoms with Gasteiger partial charge in [-0.1, -0.05) is 25.0 Å². The first-order valence-electron chi connectivity index (χ1n) is 5.80. The smallest absolute Gasteiger partial charge is 0.220 e. The zero-order valence-electron chi connectivity index (χ0n) is 9.21. The second kappa shape index (κ2) is 5.10. The van der Waals surface area contributed by atoms with E-state index in [1.54, 1.807) is 12.1 Å². The van der Waals surface area contributed by atoms with Gasteiger partial charge in [-0.15, -0.1) is 0 Å². The van der Waals surface area contributed by atoms with Crippen molar-refractivity contribution in [3.63, 3.8) is 0 Å². The normalized spacial score (nSPS) is 22.1. The maximum absolute atomic E-state index is 12.8. The third kappa shape index (κ3) is 2.81. The van der Waals surface area contributed by atoms with Crippen molar-refractivity contribution >= 4 is 5.91 Å². The fourth-order valence-electron chi connectivity index (χ4n) is 2.09. The maximum Gasteiger partial charge on any atom is 0.220 e. The first-order valence-corrected chi connectivity index (χ1v) is 5.80. The topological polar surface area (TPSA) is 29.1 Å². The van der Waals surface area contributed by atoms with Gasteiger partial charge in [0, 0.05) is 6.42 Å². The predicted molar refractivity (Wildman–Crippen MR) is 60.4 cm³/mol. The zero-order chi connectivity index (χ0) is 11.4. The zero-order valence-corrected chi connectivity index (χ0v) is 9.21. The largest absolute Gasteiger partial charge is 0.349 e. The highest BCUT2D eigenvalue weighted by molar-refractivity contribution is 5.76. The Bertz CT molecular complexity index is 361. The number of hydrogen-bond donors (Lipinski definition) is 1. The molecule has 0 bridgehead atoms. The lowest BCUT2D eigenvalue weighted by atomic mass is 9.97. The number of nitrogens with one attached hydrogen (secondary N) is 1. The third-order valence-corrected chi connectivity index (χ3v) is 3.00. The molecule has 0 aromatic heterocycles. The van der Waals surface area contributed by atoms with Crippen molar-refractivity contribution in [1.82, 2.24) is 5.32 Å². The molecule has 16 heavy (non-hydrogen) atoms. The van der Waals surface area contributed by atoms with Crippen LogP contribution >= 0.6 is 0 Å². The van der Waals surface area contributed by atoms with Crippen LogP contribution in [-0.4, -0.2) is 5.91 Å². The first kappa shape index (κ1) is 11.1. The van der Waals surface area contributed by atoms with E-state index >= 15 is 0 Å². The van der Waals surface area contributed by atoms with Crippen molar-refractivity contribution in [2.75, 3.05) is 0 Å². The number of benzene rings is 1. The molecule has 1 aromatic carbocycles. The SMILES string of the molecule is O=C1CCCCCC(c2ccc(F)cc2)N1. The van der Waals surface area contributed by atoms with Crippen LogP contribution in [0.1, 0.15) is 43.7 Å². The van der Waals surface area contributed by atoms with E-state index in [4.69, 9.17) is 0 Å². The van der Waals surface area contributed by atoms with Crippen LogP contribution in [0.5, 0.6) is 0 Å². The third-order valence-electron chi connectivity index (χ3n) is 3.00. The molecule has 2 rings (SSSR count). The van der Waals surface area contributed by atoms with Crippen molar-refractivity contribution in [1.29, 1.82) is 0 Å². The monoisotopic (exact) mass is 221 g/mol. The highest BCUT2D eigenvalue weighted by atomic mass is 19.1. The van der Waals surface area contributed by atoms with Crippen LogP contribution in [0, 0.1) is 5.82 Å². The molecule has 86 valence electrons. The summed E-state index contributed by atoms with van der Waals surface area (Å²) in [6, 6.07) is 6.44. The Morgan fingerprint density at radius 3 is 2.62 bits per heavy atom. The summed E-state index contributed by atoms with van der Waals surface area (Å²) in [7, 11) is 0. The molecule has 0 saturated carbocycles. The maximum atomic E-state index is 12.8. The van der Waals surface area contributed by atoms with Gasteiger partial charge in [-0.3, -0.25) is 4.79 Å². The highest BCUT2D eigenvalue weighted by Gasteiger charge is 2.16. The first-order chi connectivity index (χ1) is 7.75. The van der Waals surface area contributed by atoms with Gasteiger partial charge in [0.1, 0.15) is 5.82 Å². The van der Waals surface area contributed by atoms with Gasteiger partial charge in [-0.25, -0.2) is 4.39 Å². The molecule has 1 aliphatic heterocycles. The molecule has 2 nitrogen and oxygen atoms in total. The van der Waals surface area contributed by atoms with E-state index in [9.17, 15) is 9.18 Å². The molecule has 1 saturated heterocycles. The number of hydrogen-bond acceptors (Lipinski definition) is 1. The number of carbonyl (C=O) groups is 1. The Balaban J connectivity index is 2.11. The summed E-state index contributed by atoms with van der Waals surface area (Å²) < 4.78 is 12.8. The second-order valence-electron chi connectivity index (χ2n) is 4.27. The number of rotatable bonds is 1. The fraction of sp³-hybridized carbons (Fsp3) is 0.462. The average molecular weight is 221 g/mol. The van der Waals surface area contributed by atoms with E-state index in [1.165, 1.54) is 12.1 Å². The summed E-state index contributed by atoms with van der Waals surface area (Å²) in [5.74, 6) is -0.130. The molecule has 1 amide bonds. The van der Waals surface area contributed by atoms with Crippen molar-refractivity contribution < 1.29 is 9.18 Å². The number of halogens is 1. The van der Waals surface area contributed by atoms with Gasteiger partial charge in [0.2, 0.25) is 5.91 Å². The minimum atomic E-state index is -0.235. The van der Waals surface area contributed by atoms with Gasteiger partial charge >= 0.3 is 0 Å². The molecule has 0 aliphatic carbocycles. The van der Waals surface area contributed by atoms with E-state index in [-0.39, 0.29) is 17.8 Å². The van der Waals surface area contributed by atoms with Crippen LogP contribution in [-0.2, 0) is 4.79 Å². The average Bonchev–Trinajstić information content (AvgIpc) is 2.24. The molecular weight excluding hydrogens is 205 g/mol. The summed E-state index contributed by atoms with van der Waals surface area (Å²) in [6.07, 6.45) is 4.74. The Hall–Kier alpha value is -1.38. The Kier molecular flexibility index (Phi) is 3.54. The second-order valence-corrected chi connectivity index (χ2v) is 4.27. The van der Waals surface area contributed by atoms with Crippen LogP contribution in [0.3, 0.4) is 0 Å². The minimum absolute atomic E-state index is 0.0494. The van der Waals surface area contributed by atoms with E-state index in [1.807, 2.05) is 0 Å². The standard InChI is InChI=1S/C13H16FNO/c14-11-8-6-10(7-9-11)12-4-2-1-3-5-13(16)15-12/h6-9,12H,1-5H2,(H,15,16). The quantitative estimate of drug-likeness (QED) is 0.776. The van der Waals surface area contributed by atoms with Crippen LogP contribution in [0.15, 0.2) is 24.3 Å². The number of carbonyl (C=O) groups excluding carboxylic acids is 1. The molecule has 1 fully saturated rings. The van der Waals surface area contributed by atoms with E-state index in [2.05, 4.69) is 5.32 Å². The summed E-state index contributed by atoms with van der Waals surface area (Å²) in [4.78, 5) is 11.5. The van der Waals surface area contributed by atoms with Crippen LogP contribution < -0.4 is 5.32 Å². The van der Waals surface area contributed by atoms with Crippen LogP contribution in [0.25, 0.3) is 0 Å². The van der Waals surface area contributed by atoms with Crippen molar-refractivity contribution in [2.45, 2.75) is 38.1 Å². The van der Waals surface area contributed by atoms with Gasteiger partial charge in [-0.2, -0.15) is 0 Å². The lowest BCUT2D eigenvalue weighted by molar-refractivity contribution is -0.122. The molecule has 1 aliphatic rings. The molecule has 1 aromatic rings. The van der Waals surface area contributed by atoms with Gasteiger partial charge in [0.05, 0.1) is 6.04 Å². The van der Waals surface area contributed by atoms with E-state index in [0.29, 0.717) is 6.42 Å². The Morgan fingerprint density at radius 2 is 1.88 bits per heavy atom. The molecule has 1 N–H and O–H groups in total. The number of amides is 1. The molecule has 1 unspecified atom stereocenters. The summed E-state index contributed by atoms with van der Waals surface area (Å²) in [5.41, 5.74) is 0.997. The van der Waals surface area contributed by atoms with Crippen LogP contribution in [0.2, 0.25) is 0 Å². The van der Waals surface area contributed by atoms with Gasteiger partial charge in [0.15, 0.2) is 0 Å². The van der Waals surface area contributed by atoms with Crippen molar-refractivity contribution in [3.05, 3.63) is 35.6 Å².